The fourth-order valence-corrected chi connectivity index (χ4v) is 4.76. The molecule has 1 aromatic heterocycles. The molecule has 0 aliphatic carbocycles. The third-order valence-corrected chi connectivity index (χ3v) is 6.84. The number of rotatable bonds is 7. The Morgan fingerprint density at radius 2 is 1.84 bits per heavy atom. The second-order valence-electron chi connectivity index (χ2n) is 8.85. The largest absolute Gasteiger partial charge is 0.493 e. The minimum Gasteiger partial charge on any atom is -0.493 e. The number of aryl methyl sites for hydroxylation is 1. The summed E-state index contributed by atoms with van der Waals surface area (Å²) in [4.78, 5) is 17.9. The normalized spacial score (nSPS) is 14.5. The van der Waals surface area contributed by atoms with E-state index in [1.807, 2.05) is 62.4 Å². The molecule has 0 radical (unpaired) electrons. The second kappa shape index (κ2) is 10.8. The molecule has 4 aromatic rings. The van der Waals surface area contributed by atoms with E-state index in [0.717, 1.165) is 16.7 Å². The Kier molecular flexibility index (Phi) is 7.26. The number of carbonyl (C=O) groups is 1. The molecule has 1 aliphatic rings. The summed E-state index contributed by atoms with van der Waals surface area (Å²) >= 11 is 12.3. The number of halogens is 2. The smallest absolute Gasteiger partial charge is 0.255 e. The summed E-state index contributed by atoms with van der Waals surface area (Å²) in [6.45, 7) is 4.08. The minimum atomic E-state index is -0.548. The van der Waals surface area contributed by atoms with Crippen molar-refractivity contribution < 1.29 is 14.3 Å². The van der Waals surface area contributed by atoms with Gasteiger partial charge in [0.15, 0.2) is 11.5 Å². The molecule has 1 unspecified atom stereocenters. The Morgan fingerprint density at radius 3 is 2.58 bits per heavy atom. The molecule has 10 heteroatoms. The Bertz CT molecular complexity index is 1530. The maximum Gasteiger partial charge on any atom is 0.255 e. The summed E-state index contributed by atoms with van der Waals surface area (Å²) in [5.41, 5.74) is 4.56. The minimum absolute atomic E-state index is 0.232. The van der Waals surface area contributed by atoms with E-state index in [0.29, 0.717) is 44.5 Å². The van der Waals surface area contributed by atoms with Crippen molar-refractivity contribution in [3.05, 3.63) is 105 Å². The van der Waals surface area contributed by atoms with Crippen molar-refractivity contribution >= 4 is 40.7 Å². The highest BCUT2D eigenvalue weighted by Crippen LogP contribution is 2.39. The maximum atomic E-state index is 13.6. The maximum absolute atomic E-state index is 13.6. The number of allylic oxidation sites excluding steroid dienone is 1. The van der Waals surface area contributed by atoms with Crippen LogP contribution in [0.4, 0.5) is 11.6 Å². The van der Waals surface area contributed by atoms with Gasteiger partial charge in [-0.3, -0.25) is 4.79 Å². The van der Waals surface area contributed by atoms with Gasteiger partial charge < -0.3 is 20.1 Å². The molecule has 2 heterocycles. The third kappa shape index (κ3) is 5.18. The van der Waals surface area contributed by atoms with Gasteiger partial charge in [0.1, 0.15) is 19.0 Å². The van der Waals surface area contributed by atoms with Crippen molar-refractivity contribution in [3.8, 4) is 11.5 Å². The molecule has 0 saturated heterocycles. The summed E-state index contributed by atoms with van der Waals surface area (Å²) in [5, 5.41) is 11.7. The van der Waals surface area contributed by atoms with Crippen LogP contribution in [0.15, 0.2) is 78.3 Å². The van der Waals surface area contributed by atoms with E-state index in [9.17, 15) is 4.79 Å². The summed E-state index contributed by atoms with van der Waals surface area (Å²) in [6.07, 6.45) is 1.45. The molecular weight excluding hydrogens is 525 g/mol. The average Bonchev–Trinajstić information content (AvgIpc) is 3.36. The average molecular weight is 550 g/mol. The molecule has 3 aromatic carbocycles. The molecule has 1 amide bonds. The standard InChI is InChI=1S/C28H25Cl2N5O3/c1-16-4-9-21(10-5-16)34-27(36)25-17(2)33-28-31-15-32-35(28)26(25)18-7-11-23(24(12-18)37-3)38-14-19-6-8-20(29)13-22(19)30/h4-13,15,26H,14H2,1-3H3,(H,34,36)(H,31,32,33). The predicted octanol–water partition coefficient (Wildman–Crippen LogP) is 6.41. The van der Waals surface area contributed by atoms with Crippen molar-refractivity contribution in [1.82, 2.24) is 14.8 Å². The SMILES string of the molecule is COc1cc(C2C(C(=O)Nc3ccc(C)cc3)=C(C)Nc3ncnn32)ccc1OCc1ccc(Cl)cc1Cl. The molecule has 2 N–H and O–H groups in total. The zero-order valence-corrected chi connectivity index (χ0v) is 22.5. The van der Waals surface area contributed by atoms with Crippen LogP contribution in [-0.2, 0) is 11.4 Å². The number of ether oxygens (including phenoxy) is 2. The van der Waals surface area contributed by atoms with E-state index in [-0.39, 0.29) is 12.5 Å². The Hall–Kier alpha value is -4.01. The molecule has 8 nitrogen and oxygen atoms in total. The van der Waals surface area contributed by atoms with Gasteiger partial charge in [-0.15, -0.1) is 0 Å². The van der Waals surface area contributed by atoms with Crippen molar-refractivity contribution in [3.63, 3.8) is 0 Å². The highest BCUT2D eigenvalue weighted by molar-refractivity contribution is 6.35. The van der Waals surface area contributed by atoms with E-state index in [1.54, 1.807) is 23.9 Å². The highest BCUT2D eigenvalue weighted by atomic mass is 35.5. The first-order valence-corrected chi connectivity index (χ1v) is 12.6. The number of amides is 1. The number of nitrogens with one attached hydrogen (secondary N) is 2. The molecule has 0 bridgehead atoms. The van der Waals surface area contributed by atoms with Crippen LogP contribution in [0.2, 0.25) is 10.0 Å². The van der Waals surface area contributed by atoms with Gasteiger partial charge >= 0.3 is 0 Å². The van der Waals surface area contributed by atoms with Gasteiger partial charge in [0.05, 0.1) is 12.7 Å². The van der Waals surface area contributed by atoms with Crippen LogP contribution >= 0.6 is 23.2 Å². The Morgan fingerprint density at radius 1 is 1.05 bits per heavy atom. The van der Waals surface area contributed by atoms with Crippen LogP contribution in [0.5, 0.6) is 11.5 Å². The van der Waals surface area contributed by atoms with E-state index < -0.39 is 6.04 Å². The molecule has 5 rings (SSSR count). The highest BCUT2D eigenvalue weighted by Gasteiger charge is 2.34. The van der Waals surface area contributed by atoms with Crippen LogP contribution in [0.3, 0.4) is 0 Å². The molecule has 0 fully saturated rings. The van der Waals surface area contributed by atoms with Crippen molar-refractivity contribution in [2.75, 3.05) is 17.7 Å². The fraction of sp³-hybridized carbons (Fsp3) is 0.179. The lowest BCUT2D eigenvalue weighted by Gasteiger charge is -2.29. The first-order valence-electron chi connectivity index (χ1n) is 11.8. The lowest BCUT2D eigenvalue weighted by molar-refractivity contribution is -0.113. The third-order valence-electron chi connectivity index (χ3n) is 6.25. The molecule has 194 valence electrons. The summed E-state index contributed by atoms with van der Waals surface area (Å²) in [6, 6.07) is 17.9. The van der Waals surface area contributed by atoms with E-state index in [1.165, 1.54) is 6.33 Å². The predicted molar refractivity (Wildman–Crippen MR) is 148 cm³/mol. The molecule has 0 spiro atoms. The number of hydrogen-bond donors (Lipinski definition) is 2. The van der Waals surface area contributed by atoms with Gasteiger partial charge in [0.2, 0.25) is 5.95 Å². The van der Waals surface area contributed by atoms with Crippen molar-refractivity contribution in [2.24, 2.45) is 0 Å². The number of anilines is 2. The number of nitrogens with zero attached hydrogens (tertiary/aromatic N) is 3. The van der Waals surface area contributed by atoms with Gasteiger partial charge in [-0.2, -0.15) is 10.1 Å². The number of carbonyl (C=O) groups excluding carboxylic acids is 1. The Labute approximate surface area is 230 Å². The molecule has 38 heavy (non-hydrogen) atoms. The lowest BCUT2D eigenvalue weighted by atomic mass is 9.94. The van der Waals surface area contributed by atoms with Crippen LogP contribution in [0, 0.1) is 6.92 Å². The van der Waals surface area contributed by atoms with Gasteiger partial charge in [-0.25, -0.2) is 4.68 Å². The number of methoxy groups -OCH3 is 1. The van der Waals surface area contributed by atoms with Crippen molar-refractivity contribution in [2.45, 2.75) is 26.5 Å². The Balaban J connectivity index is 1.46. The number of benzene rings is 3. The van der Waals surface area contributed by atoms with Crippen LogP contribution in [-0.4, -0.2) is 27.8 Å². The summed E-state index contributed by atoms with van der Waals surface area (Å²) in [5.74, 6) is 1.32. The summed E-state index contributed by atoms with van der Waals surface area (Å²) in [7, 11) is 1.57. The topological polar surface area (TPSA) is 90.3 Å². The fourth-order valence-electron chi connectivity index (χ4n) is 4.30. The van der Waals surface area contributed by atoms with Crippen molar-refractivity contribution in [1.29, 1.82) is 0 Å². The van der Waals surface area contributed by atoms with Crippen LogP contribution in [0.1, 0.15) is 29.7 Å². The van der Waals surface area contributed by atoms with Gasteiger partial charge in [-0.1, -0.05) is 53.0 Å². The molecule has 1 aliphatic heterocycles. The lowest BCUT2D eigenvalue weighted by Crippen LogP contribution is -2.31. The summed E-state index contributed by atoms with van der Waals surface area (Å²) < 4.78 is 13.4. The number of hydrogen-bond acceptors (Lipinski definition) is 6. The van der Waals surface area contributed by atoms with Gasteiger partial charge in [0.25, 0.3) is 5.91 Å². The zero-order chi connectivity index (χ0) is 26.8. The van der Waals surface area contributed by atoms with Gasteiger partial charge in [-0.05, 0) is 55.8 Å². The molecule has 0 saturated carbocycles. The number of aromatic nitrogens is 3. The van der Waals surface area contributed by atoms with E-state index in [2.05, 4.69) is 20.7 Å². The monoisotopic (exact) mass is 549 g/mol. The quantitative estimate of drug-likeness (QED) is 0.277. The second-order valence-corrected chi connectivity index (χ2v) is 9.69. The first-order chi connectivity index (χ1) is 18.3. The first kappa shape index (κ1) is 25.6. The van der Waals surface area contributed by atoms with Crippen LogP contribution < -0.4 is 20.1 Å². The zero-order valence-electron chi connectivity index (χ0n) is 21.0. The van der Waals surface area contributed by atoms with E-state index >= 15 is 0 Å². The number of fused-ring (bicyclic) bond motifs is 1. The van der Waals surface area contributed by atoms with Gasteiger partial charge in [0, 0.05) is 27.0 Å². The molecular formula is C28H25Cl2N5O3. The molecule has 1 atom stereocenters. The van der Waals surface area contributed by atoms with Crippen LogP contribution in [0.25, 0.3) is 0 Å². The van der Waals surface area contributed by atoms with E-state index in [4.69, 9.17) is 32.7 Å².